The number of hydrogen-bond donors (Lipinski definition) is 3. The van der Waals surface area contributed by atoms with Gasteiger partial charge in [0.1, 0.15) is 5.82 Å². The molecule has 1 atom stereocenters. The topological polar surface area (TPSA) is 87.3 Å². The molecule has 1 aromatic rings. The number of aromatic nitrogens is 2. The Bertz CT molecular complexity index is 354. The van der Waals surface area contributed by atoms with Crippen LogP contribution in [0.3, 0.4) is 0 Å². The second-order valence-electron chi connectivity index (χ2n) is 4.08. The summed E-state index contributed by atoms with van der Waals surface area (Å²) in [5.74, 6) is 6.52. The number of hydrazine groups is 1. The number of nitrogens with zero attached hydrogens (tertiary/aromatic N) is 3. The van der Waals surface area contributed by atoms with Gasteiger partial charge in [0.05, 0.1) is 18.0 Å². The summed E-state index contributed by atoms with van der Waals surface area (Å²) in [5.41, 5.74) is 1.82. The number of aliphatic hydroxyl groups is 1. The summed E-state index contributed by atoms with van der Waals surface area (Å²) in [5, 5.41) is 9.82. The van der Waals surface area contributed by atoms with E-state index in [9.17, 15) is 5.11 Å². The molecule has 1 aromatic heterocycles. The second kappa shape index (κ2) is 3.63. The first-order valence-corrected chi connectivity index (χ1v) is 4.87. The van der Waals surface area contributed by atoms with Crippen molar-refractivity contribution in [1.29, 1.82) is 0 Å². The highest BCUT2D eigenvalue weighted by Gasteiger charge is 2.32. The third-order valence-corrected chi connectivity index (χ3v) is 2.55. The van der Waals surface area contributed by atoms with Crippen LogP contribution in [0.15, 0.2) is 12.4 Å². The smallest absolute Gasteiger partial charge is 0.160 e. The number of rotatable bonds is 2. The Hall–Kier alpha value is -1.40. The van der Waals surface area contributed by atoms with Crippen LogP contribution in [0.2, 0.25) is 0 Å². The van der Waals surface area contributed by atoms with Crippen LogP contribution in [-0.4, -0.2) is 33.8 Å². The molecule has 1 unspecified atom stereocenters. The molecular formula is C9H15N5O. The van der Waals surface area contributed by atoms with Crippen LogP contribution in [-0.2, 0) is 0 Å². The number of hydrogen-bond acceptors (Lipinski definition) is 6. The molecule has 1 aliphatic heterocycles. The lowest BCUT2D eigenvalue weighted by Gasteiger charge is -2.19. The van der Waals surface area contributed by atoms with E-state index in [4.69, 9.17) is 5.84 Å². The number of nitrogen functional groups attached to an aromatic ring is 1. The third kappa shape index (κ3) is 2.16. The van der Waals surface area contributed by atoms with Crippen LogP contribution in [0.1, 0.15) is 13.3 Å². The molecule has 1 saturated heterocycles. The SMILES string of the molecule is CC1(O)CCN(c2cncc(NN)n2)C1. The molecule has 4 N–H and O–H groups in total. The number of nitrogens with one attached hydrogen (secondary N) is 1. The minimum atomic E-state index is -0.631. The second-order valence-corrected chi connectivity index (χ2v) is 4.08. The lowest BCUT2D eigenvalue weighted by Crippen LogP contribution is -2.30. The average Bonchev–Trinajstić information content (AvgIpc) is 2.59. The van der Waals surface area contributed by atoms with Crippen molar-refractivity contribution in [3.63, 3.8) is 0 Å². The van der Waals surface area contributed by atoms with Crippen LogP contribution in [0.25, 0.3) is 0 Å². The molecule has 1 aliphatic rings. The number of β-amino-alcohol motifs (C(OH)–C–C–N with tert-alkyl or cyclic N) is 1. The Morgan fingerprint density at radius 2 is 2.40 bits per heavy atom. The molecule has 15 heavy (non-hydrogen) atoms. The van der Waals surface area contributed by atoms with Gasteiger partial charge < -0.3 is 15.4 Å². The maximum Gasteiger partial charge on any atom is 0.160 e. The average molecular weight is 209 g/mol. The summed E-state index contributed by atoms with van der Waals surface area (Å²) < 4.78 is 0. The predicted molar refractivity (Wildman–Crippen MR) is 57.3 cm³/mol. The van der Waals surface area contributed by atoms with Gasteiger partial charge in [0.2, 0.25) is 0 Å². The fourth-order valence-corrected chi connectivity index (χ4v) is 1.72. The van der Waals surface area contributed by atoms with E-state index >= 15 is 0 Å². The summed E-state index contributed by atoms with van der Waals surface area (Å²) in [4.78, 5) is 10.3. The van der Waals surface area contributed by atoms with E-state index < -0.39 is 5.60 Å². The molecule has 0 saturated carbocycles. The van der Waals surface area contributed by atoms with Crippen molar-refractivity contribution in [2.45, 2.75) is 18.9 Å². The largest absolute Gasteiger partial charge is 0.388 e. The van der Waals surface area contributed by atoms with Gasteiger partial charge in [-0.15, -0.1) is 0 Å². The molecule has 0 amide bonds. The van der Waals surface area contributed by atoms with E-state index in [1.54, 1.807) is 12.4 Å². The molecule has 2 heterocycles. The van der Waals surface area contributed by atoms with Crippen LogP contribution in [0.5, 0.6) is 0 Å². The number of nitrogens with two attached hydrogens (primary N) is 1. The van der Waals surface area contributed by atoms with Gasteiger partial charge in [-0.1, -0.05) is 0 Å². The van der Waals surface area contributed by atoms with Gasteiger partial charge in [-0.3, -0.25) is 4.98 Å². The molecule has 2 rings (SSSR count). The van der Waals surface area contributed by atoms with Gasteiger partial charge in [-0.25, -0.2) is 10.8 Å². The van der Waals surface area contributed by atoms with Crippen molar-refractivity contribution in [3.8, 4) is 0 Å². The van der Waals surface area contributed by atoms with Gasteiger partial charge in [-0.05, 0) is 13.3 Å². The third-order valence-electron chi connectivity index (χ3n) is 2.55. The molecule has 0 radical (unpaired) electrons. The molecule has 6 nitrogen and oxygen atoms in total. The molecular weight excluding hydrogens is 194 g/mol. The lowest BCUT2D eigenvalue weighted by molar-refractivity contribution is 0.0839. The van der Waals surface area contributed by atoms with Crippen LogP contribution in [0.4, 0.5) is 11.6 Å². The summed E-state index contributed by atoms with van der Waals surface area (Å²) in [6.07, 6.45) is 3.97. The normalized spacial score (nSPS) is 25.7. The maximum absolute atomic E-state index is 9.82. The highest BCUT2D eigenvalue weighted by Crippen LogP contribution is 2.24. The van der Waals surface area contributed by atoms with Crippen LogP contribution >= 0.6 is 0 Å². The van der Waals surface area contributed by atoms with Crippen LogP contribution in [0, 0.1) is 0 Å². The number of anilines is 2. The maximum atomic E-state index is 9.82. The Balaban J connectivity index is 2.16. The Morgan fingerprint density at radius 3 is 3.00 bits per heavy atom. The fourth-order valence-electron chi connectivity index (χ4n) is 1.72. The fraction of sp³-hybridized carbons (Fsp3) is 0.556. The van der Waals surface area contributed by atoms with Gasteiger partial charge in [0.25, 0.3) is 0 Å². The van der Waals surface area contributed by atoms with Gasteiger partial charge in [0, 0.05) is 13.1 Å². The first kappa shape index (κ1) is 10.1. The predicted octanol–water partition coefficient (Wildman–Crippen LogP) is -0.277. The molecule has 6 heteroatoms. The van der Waals surface area contributed by atoms with E-state index in [1.807, 2.05) is 11.8 Å². The quantitative estimate of drug-likeness (QED) is 0.459. The minimum absolute atomic E-state index is 0.527. The summed E-state index contributed by atoms with van der Waals surface area (Å²) in [6.45, 7) is 3.19. The van der Waals surface area contributed by atoms with Crippen molar-refractivity contribution >= 4 is 11.6 Å². The van der Waals surface area contributed by atoms with Crippen molar-refractivity contribution in [2.75, 3.05) is 23.4 Å². The van der Waals surface area contributed by atoms with Crippen molar-refractivity contribution in [2.24, 2.45) is 5.84 Å². The highest BCUT2D eigenvalue weighted by atomic mass is 16.3. The zero-order valence-corrected chi connectivity index (χ0v) is 8.64. The first-order chi connectivity index (χ1) is 7.11. The van der Waals surface area contributed by atoms with Gasteiger partial charge in [0.15, 0.2) is 5.82 Å². The van der Waals surface area contributed by atoms with E-state index in [0.717, 1.165) is 18.8 Å². The molecule has 82 valence electrons. The molecule has 0 aliphatic carbocycles. The Labute approximate surface area is 88.1 Å². The Morgan fingerprint density at radius 1 is 1.60 bits per heavy atom. The zero-order chi connectivity index (χ0) is 10.9. The summed E-state index contributed by atoms with van der Waals surface area (Å²) in [6, 6.07) is 0. The first-order valence-electron chi connectivity index (χ1n) is 4.87. The Kier molecular flexibility index (Phi) is 2.45. The molecule has 0 bridgehead atoms. The van der Waals surface area contributed by atoms with E-state index in [1.165, 1.54) is 0 Å². The highest BCUT2D eigenvalue weighted by molar-refractivity contribution is 5.44. The molecule has 0 aromatic carbocycles. The van der Waals surface area contributed by atoms with Crippen molar-refractivity contribution in [3.05, 3.63) is 12.4 Å². The summed E-state index contributed by atoms with van der Waals surface area (Å²) in [7, 11) is 0. The van der Waals surface area contributed by atoms with Crippen molar-refractivity contribution in [1.82, 2.24) is 9.97 Å². The lowest BCUT2D eigenvalue weighted by atomic mass is 10.1. The van der Waals surface area contributed by atoms with Crippen LogP contribution < -0.4 is 16.2 Å². The molecule has 0 spiro atoms. The van der Waals surface area contributed by atoms with E-state index in [0.29, 0.717) is 12.4 Å². The van der Waals surface area contributed by atoms with Gasteiger partial charge >= 0.3 is 0 Å². The van der Waals surface area contributed by atoms with Crippen molar-refractivity contribution < 1.29 is 5.11 Å². The monoisotopic (exact) mass is 209 g/mol. The standard InChI is InChI=1S/C9H15N5O/c1-9(15)2-3-14(6-9)8-5-11-4-7(12-8)13-10/h4-5,15H,2-3,6,10H2,1H3,(H,12,13). The molecule has 1 fully saturated rings. The minimum Gasteiger partial charge on any atom is -0.388 e. The van der Waals surface area contributed by atoms with E-state index in [2.05, 4.69) is 15.4 Å². The zero-order valence-electron chi connectivity index (χ0n) is 8.64. The summed E-state index contributed by atoms with van der Waals surface area (Å²) >= 11 is 0. The van der Waals surface area contributed by atoms with E-state index in [-0.39, 0.29) is 0 Å². The van der Waals surface area contributed by atoms with Gasteiger partial charge in [-0.2, -0.15) is 0 Å².